The Labute approximate surface area is 138 Å². The Bertz CT molecular complexity index is 965. The first-order valence-corrected chi connectivity index (χ1v) is 7.56. The van der Waals surface area contributed by atoms with E-state index in [9.17, 15) is 4.79 Å². The predicted molar refractivity (Wildman–Crippen MR) is 91.0 cm³/mol. The van der Waals surface area contributed by atoms with E-state index in [4.69, 9.17) is 14.2 Å². The minimum atomic E-state index is -0.110. The average molecular weight is 324 g/mol. The number of fused-ring (bicyclic) bond motifs is 2. The highest BCUT2D eigenvalue weighted by Crippen LogP contribution is 2.34. The number of aromatic nitrogens is 1. The quantitative estimate of drug-likeness (QED) is 0.772. The molecule has 0 aliphatic carbocycles. The van der Waals surface area contributed by atoms with E-state index in [-0.39, 0.29) is 12.4 Å². The van der Waals surface area contributed by atoms with Crippen molar-refractivity contribution in [2.24, 2.45) is 0 Å². The number of methoxy groups -OCH3 is 1. The maximum absolute atomic E-state index is 12.2. The van der Waals surface area contributed by atoms with E-state index < -0.39 is 0 Å². The summed E-state index contributed by atoms with van der Waals surface area (Å²) in [7, 11) is 1.62. The number of anilines is 1. The highest BCUT2D eigenvalue weighted by molar-refractivity contribution is 5.80. The third-order valence-electron chi connectivity index (χ3n) is 3.98. The van der Waals surface area contributed by atoms with Crippen LogP contribution in [0.25, 0.3) is 10.9 Å². The van der Waals surface area contributed by atoms with Gasteiger partial charge in [-0.1, -0.05) is 0 Å². The van der Waals surface area contributed by atoms with Crippen molar-refractivity contribution in [1.82, 2.24) is 4.98 Å². The monoisotopic (exact) mass is 324 g/mol. The summed E-state index contributed by atoms with van der Waals surface area (Å²) in [6.45, 7) is 0.646. The number of pyridine rings is 1. The second-order valence-corrected chi connectivity index (χ2v) is 5.50. The molecule has 2 N–H and O–H groups in total. The highest BCUT2D eigenvalue weighted by atomic mass is 16.7. The standard InChI is InChI=1S/C18H16N2O4/c1-22-14-3-4-15-11(7-14)6-12(18(21)20-15)9-19-13-2-5-16-17(8-13)24-10-23-16/h2-8,19H,9-10H2,1H3,(H,20,21). The van der Waals surface area contributed by atoms with Crippen LogP contribution in [0.5, 0.6) is 17.2 Å². The minimum Gasteiger partial charge on any atom is -0.497 e. The second-order valence-electron chi connectivity index (χ2n) is 5.50. The molecule has 2 aromatic carbocycles. The van der Waals surface area contributed by atoms with Gasteiger partial charge in [-0.15, -0.1) is 0 Å². The number of hydrogen-bond donors (Lipinski definition) is 2. The largest absolute Gasteiger partial charge is 0.497 e. The molecule has 0 radical (unpaired) electrons. The van der Waals surface area contributed by atoms with Crippen LogP contribution in [0.3, 0.4) is 0 Å². The Hall–Kier alpha value is -3.15. The Kier molecular flexibility index (Phi) is 3.49. The van der Waals surface area contributed by atoms with Gasteiger partial charge in [-0.3, -0.25) is 4.79 Å². The molecule has 0 saturated carbocycles. The van der Waals surface area contributed by atoms with Crippen LogP contribution in [-0.2, 0) is 6.54 Å². The first-order chi connectivity index (χ1) is 11.7. The van der Waals surface area contributed by atoms with Crippen molar-refractivity contribution in [1.29, 1.82) is 0 Å². The molecule has 0 fully saturated rings. The van der Waals surface area contributed by atoms with E-state index in [2.05, 4.69) is 10.3 Å². The summed E-state index contributed by atoms with van der Waals surface area (Å²) >= 11 is 0. The van der Waals surface area contributed by atoms with Crippen LogP contribution < -0.4 is 25.1 Å². The van der Waals surface area contributed by atoms with Gasteiger partial charge in [-0.25, -0.2) is 0 Å². The molecule has 1 aliphatic rings. The van der Waals surface area contributed by atoms with Crippen molar-refractivity contribution < 1.29 is 14.2 Å². The Morgan fingerprint density at radius 2 is 2.00 bits per heavy atom. The van der Waals surface area contributed by atoms with Crippen molar-refractivity contribution in [3.05, 3.63) is 58.4 Å². The molecular weight excluding hydrogens is 308 g/mol. The average Bonchev–Trinajstić information content (AvgIpc) is 3.07. The number of rotatable bonds is 4. The second kappa shape index (κ2) is 5.81. The van der Waals surface area contributed by atoms with Crippen molar-refractivity contribution in [2.45, 2.75) is 6.54 Å². The third kappa shape index (κ3) is 2.62. The SMILES string of the molecule is COc1ccc2[nH]c(=O)c(CNc3ccc4c(c3)OCO4)cc2c1. The highest BCUT2D eigenvalue weighted by Gasteiger charge is 2.13. The molecule has 1 aromatic heterocycles. The first kappa shape index (κ1) is 14.4. The number of aromatic amines is 1. The zero-order valence-corrected chi connectivity index (χ0v) is 13.1. The lowest BCUT2D eigenvalue weighted by Crippen LogP contribution is -2.15. The van der Waals surface area contributed by atoms with Crippen LogP contribution in [0.1, 0.15) is 5.56 Å². The van der Waals surface area contributed by atoms with Gasteiger partial charge in [0.15, 0.2) is 11.5 Å². The molecule has 6 heteroatoms. The summed E-state index contributed by atoms with van der Waals surface area (Å²) < 4.78 is 15.9. The van der Waals surface area contributed by atoms with Crippen LogP contribution in [0.4, 0.5) is 5.69 Å². The van der Waals surface area contributed by atoms with E-state index in [1.807, 2.05) is 42.5 Å². The topological polar surface area (TPSA) is 72.6 Å². The van der Waals surface area contributed by atoms with Gasteiger partial charge >= 0.3 is 0 Å². The van der Waals surface area contributed by atoms with Crippen LogP contribution in [0.2, 0.25) is 0 Å². The van der Waals surface area contributed by atoms with Gasteiger partial charge in [0.1, 0.15) is 5.75 Å². The van der Waals surface area contributed by atoms with Gasteiger partial charge in [-0.2, -0.15) is 0 Å². The summed E-state index contributed by atoms with van der Waals surface area (Å²) in [6.07, 6.45) is 0. The fourth-order valence-corrected chi connectivity index (χ4v) is 2.69. The maximum Gasteiger partial charge on any atom is 0.253 e. The fraction of sp³-hybridized carbons (Fsp3) is 0.167. The Morgan fingerprint density at radius 3 is 2.88 bits per heavy atom. The van der Waals surface area contributed by atoms with Crippen molar-refractivity contribution in [2.75, 3.05) is 19.2 Å². The molecule has 0 saturated heterocycles. The van der Waals surface area contributed by atoms with E-state index in [1.165, 1.54) is 0 Å². The Balaban J connectivity index is 1.59. The lowest BCUT2D eigenvalue weighted by atomic mass is 10.1. The summed E-state index contributed by atoms with van der Waals surface area (Å²) in [5.41, 5.74) is 2.19. The summed E-state index contributed by atoms with van der Waals surface area (Å²) in [5, 5.41) is 4.17. The summed E-state index contributed by atoms with van der Waals surface area (Å²) in [4.78, 5) is 15.1. The summed E-state index contributed by atoms with van der Waals surface area (Å²) in [5.74, 6) is 2.19. The molecule has 0 unspecified atom stereocenters. The molecule has 0 amide bonds. The minimum absolute atomic E-state index is 0.110. The molecule has 0 atom stereocenters. The molecule has 1 aliphatic heterocycles. The molecule has 4 rings (SSSR count). The predicted octanol–water partition coefficient (Wildman–Crippen LogP) is 2.88. The molecule has 2 heterocycles. The molecular formula is C18H16N2O4. The van der Waals surface area contributed by atoms with Crippen LogP contribution in [0, 0.1) is 0 Å². The van der Waals surface area contributed by atoms with Crippen LogP contribution in [-0.4, -0.2) is 18.9 Å². The van der Waals surface area contributed by atoms with Gasteiger partial charge in [0.05, 0.1) is 7.11 Å². The molecule has 24 heavy (non-hydrogen) atoms. The van der Waals surface area contributed by atoms with Crippen molar-refractivity contribution in [3.8, 4) is 17.2 Å². The fourth-order valence-electron chi connectivity index (χ4n) is 2.69. The van der Waals surface area contributed by atoms with Crippen molar-refractivity contribution >= 4 is 16.6 Å². The molecule has 6 nitrogen and oxygen atoms in total. The van der Waals surface area contributed by atoms with Crippen molar-refractivity contribution in [3.63, 3.8) is 0 Å². The van der Waals surface area contributed by atoms with E-state index in [0.717, 1.165) is 28.1 Å². The van der Waals surface area contributed by atoms with Gasteiger partial charge in [0.25, 0.3) is 5.56 Å². The lowest BCUT2D eigenvalue weighted by Gasteiger charge is -2.08. The van der Waals surface area contributed by atoms with E-state index >= 15 is 0 Å². The zero-order valence-electron chi connectivity index (χ0n) is 13.1. The van der Waals surface area contributed by atoms with Crippen LogP contribution in [0.15, 0.2) is 47.3 Å². The normalized spacial score (nSPS) is 12.4. The molecule has 122 valence electrons. The van der Waals surface area contributed by atoms with Gasteiger partial charge in [0.2, 0.25) is 6.79 Å². The van der Waals surface area contributed by atoms with Crippen LogP contribution >= 0.6 is 0 Å². The smallest absolute Gasteiger partial charge is 0.253 e. The number of H-pyrrole nitrogens is 1. The number of ether oxygens (including phenoxy) is 3. The zero-order chi connectivity index (χ0) is 16.5. The molecule has 0 spiro atoms. The number of hydrogen-bond acceptors (Lipinski definition) is 5. The van der Waals surface area contributed by atoms with Gasteiger partial charge < -0.3 is 24.5 Å². The van der Waals surface area contributed by atoms with E-state index in [1.54, 1.807) is 7.11 Å². The number of benzene rings is 2. The Morgan fingerprint density at radius 1 is 1.12 bits per heavy atom. The third-order valence-corrected chi connectivity index (χ3v) is 3.98. The van der Waals surface area contributed by atoms with Gasteiger partial charge in [0, 0.05) is 34.8 Å². The maximum atomic E-state index is 12.2. The first-order valence-electron chi connectivity index (χ1n) is 7.56. The molecule has 0 bridgehead atoms. The lowest BCUT2D eigenvalue weighted by molar-refractivity contribution is 0.174. The van der Waals surface area contributed by atoms with E-state index in [0.29, 0.717) is 17.9 Å². The number of nitrogens with one attached hydrogen (secondary N) is 2. The summed E-state index contributed by atoms with van der Waals surface area (Å²) in [6, 6.07) is 13.0. The molecule has 3 aromatic rings. The van der Waals surface area contributed by atoms with Gasteiger partial charge in [-0.05, 0) is 36.4 Å².